The van der Waals surface area contributed by atoms with Crippen molar-refractivity contribution in [2.24, 2.45) is 0 Å². The van der Waals surface area contributed by atoms with Crippen LogP contribution in [-0.2, 0) is 14.8 Å². The van der Waals surface area contributed by atoms with Crippen molar-refractivity contribution in [2.45, 2.75) is 23.3 Å². The summed E-state index contributed by atoms with van der Waals surface area (Å²) in [6.45, 7) is 0.556. The first-order chi connectivity index (χ1) is 10.7. The van der Waals surface area contributed by atoms with Crippen LogP contribution in [0.15, 0.2) is 11.0 Å². The second-order valence-electron chi connectivity index (χ2n) is 5.37. The maximum Gasteiger partial charge on any atom is 0.246 e. The second kappa shape index (κ2) is 7.96. The Labute approximate surface area is 143 Å². The zero-order valence-electron chi connectivity index (χ0n) is 12.7. The normalized spacial score (nSPS) is 20.9. The lowest BCUT2D eigenvalue weighted by Crippen LogP contribution is -2.53. The van der Waals surface area contributed by atoms with Crippen molar-refractivity contribution in [1.29, 1.82) is 0 Å². The van der Waals surface area contributed by atoms with Crippen molar-refractivity contribution in [3.05, 3.63) is 29.3 Å². The van der Waals surface area contributed by atoms with Crippen molar-refractivity contribution in [3.8, 4) is 0 Å². The number of ether oxygens (including phenoxy) is 1. The third-order valence-electron chi connectivity index (χ3n) is 3.69. The Kier molecular flexibility index (Phi) is 7.00. The van der Waals surface area contributed by atoms with Crippen LogP contribution in [0.2, 0.25) is 0 Å². The van der Waals surface area contributed by atoms with Crippen LogP contribution >= 0.6 is 12.4 Å². The first kappa shape index (κ1) is 21.1. The summed E-state index contributed by atoms with van der Waals surface area (Å²) in [6, 6.07) is -0.0470. The van der Waals surface area contributed by atoms with Crippen LogP contribution in [0.5, 0.6) is 0 Å². The Hall–Kier alpha value is -0.940. The van der Waals surface area contributed by atoms with Gasteiger partial charge in [-0.05, 0) is 19.4 Å². The lowest BCUT2D eigenvalue weighted by molar-refractivity contribution is 0.122. The van der Waals surface area contributed by atoms with Crippen LogP contribution in [0.3, 0.4) is 0 Å². The molecule has 0 radical (unpaired) electrons. The standard InChI is InChI=1S/C13H16F4N2O3S.ClH/c1-22-7-13(3-2-4-18-13)6-19-23(20,21)12-10(16)8(14)5-9(15)11(12)17;/h5,18-19H,2-4,6-7H2,1H3;1H. The SMILES string of the molecule is COCC1(CNS(=O)(=O)c2c(F)c(F)cc(F)c2F)CCCN1.Cl. The van der Waals surface area contributed by atoms with Crippen LogP contribution in [0.4, 0.5) is 17.6 Å². The molecule has 1 aliphatic rings. The largest absolute Gasteiger partial charge is 0.383 e. The molecule has 1 fully saturated rings. The van der Waals surface area contributed by atoms with Crippen molar-refractivity contribution >= 4 is 22.4 Å². The molecule has 1 unspecified atom stereocenters. The minimum absolute atomic E-state index is 0. The van der Waals surface area contributed by atoms with Gasteiger partial charge >= 0.3 is 0 Å². The summed E-state index contributed by atoms with van der Waals surface area (Å²) in [6.07, 6.45) is 1.34. The molecule has 1 aromatic rings. The molecule has 0 aromatic heterocycles. The van der Waals surface area contributed by atoms with Gasteiger partial charge in [-0.25, -0.2) is 30.7 Å². The molecule has 11 heteroatoms. The minimum Gasteiger partial charge on any atom is -0.383 e. The summed E-state index contributed by atoms with van der Waals surface area (Å²) in [5.74, 6) is -7.49. The highest BCUT2D eigenvalue weighted by molar-refractivity contribution is 7.89. The van der Waals surface area contributed by atoms with Crippen LogP contribution in [0, 0.1) is 23.3 Å². The Morgan fingerprint density at radius 1 is 1.25 bits per heavy atom. The molecule has 1 saturated heterocycles. The molecule has 0 saturated carbocycles. The van der Waals surface area contributed by atoms with Gasteiger partial charge in [0.2, 0.25) is 10.0 Å². The van der Waals surface area contributed by atoms with Crippen molar-refractivity contribution in [3.63, 3.8) is 0 Å². The minimum atomic E-state index is -4.79. The van der Waals surface area contributed by atoms with Gasteiger partial charge in [0, 0.05) is 19.7 Å². The van der Waals surface area contributed by atoms with E-state index in [1.807, 2.05) is 4.72 Å². The number of benzene rings is 1. The number of nitrogens with one attached hydrogen (secondary N) is 2. The molecule has 1 heterocycles. The van der Waals surface area contributed by atoms with Gasteiger partial charge in [0.05, 0.1) is 12.1 Å². The Bertz CT molecular complexity index is 671. The summed E-state index contributed by atoms with van der Waals surface area (Å²) in [4.78, 5) is -1.67. The molecule has 0 amide bonds. The lowest BCUT2D eigenvalue weighted by atomic mass is 9.99. The van der Waals surface area contributed by atoms with Gasteiger partial charge in [-0.15, -0.1) is 12.4 Å². The fraction of sp³-hybridized carbons (Fsp3) is 0.538. The van der Waals surface area contributed by atoms with Crippen molar-refractivity contribution < 1.29 is 30.7 Å². The average molecular weight is 393 g/mol. The van der Waals surface area contributed by atoms with E-state index >= 15 is 0 Å². The Morgan fingerprint density at radius 2 is 1.83 bits per heavy atom. The van der Waals surface area contributed by atoms with E-state index in [1.54, 1.807) is 0 Å². The highest BCUT2D eigenvalue weighted by atomic mass is 35.5. The summed E-state index contributed by atoms with van der Waals surface area (Å²) < 4.78 is 84.8. The smallest absolute Gasteiger partial charge is 0.246 e. The van der Waals surface area contributed by atoms with Crippen LogP contribution in [-0.4, -0.2) is 40.8 Å². The molecule has 1 aliphatic heterocycles. The monoisotopic (exact) mass is 392 g/mol. The van der Waals surface area contributed by atoms with Crippen molar-refractivity contribution in [1.82, 2.24) is 10.0 Å². The molecule has 0 aliphatic carbocycles. The molecule has 1 aromatic carbocycles. The predicted molar refractivity (Wildman–Crippen MR) is 80.6 cm³/mol. The molecule has 0 bridgehead atoms. The van der Waals surface area contributed by atoms with E-state index in [1.165, 1.54) is 7.11 Å². The Morgan fingerprint density at radius 3 is 2.29 bits per heavy atom. The number of halogens is 5. The summed E-state index contributed by atoms with van der Waals surface area (Å²) in [5, 5.41) is 3.06. The first-order valence-corrected chi connectivity index (χ1v) is 8.27. The number of hydrogen-bond acceptors (Lipinski definition) is 4. The van der Waals surface area contributed by atoms with E-state index in [-0.39, 0.29) is 31.6 Å². The van der Waals surface area contributed by atoms with Crippen LogP contribution in [0.25, 0.3) is 0 Å². The zero-order valence-corrected chi connectivity index (χ0v) is 14.3. The van der Waals surface area contributed by atoms with E-state index in [0.717, 1.165) is 6.42 Å². The van der Waals surface area contributed by atoms with E-state index < -0.39 is 43.7 Å². The van der Waals surface area contributed by atoms with Gasteiger partial charge < -0.3 is 10.1 Å². The number of methoxy groups -OCH3 is 1. The number of hydrogen-bond donors (Lipinski definition) is 2. The molecular formula is C13H17ClF4N2O3S. The van der Waals surface area contributed by atoms with Crippen LogP contribution in [0.1, 0.15) is 12.8 Å². The summed E-state index contributed by atoms with van der Waals surface area (Å²) in [5.41, 5.74) is -0.735. The lowest BCUT2D eigenvalue weighted by Gasteiger charge is -2.28. The molecule has 0 spiro atoms. The molecule has 2 rings (SSSR count). The third kappa shape index (κ3) is 4.17. The Balaban J connectivity index is 0.00000288. The fourth-order valence-corrected chi connectivity index (χ4v) is 3.84. The summed E-state index contributed by atoms with van der Waals surface area (Å²) >= 11 is 0. The van der Waals surface area contributed by atoms with Gasteiger partial charge in [-0.3, -0.25) is 0 Å². The molecule has 5 nitrogen and oxygen atoms in total. The first-order valence-electron chi connectivity index (χ1n) is 6.79. The molecule has 138 valence electrons. The summed E-state index contributed by atoms with van der Waals surface area (Å²) in [7, 11) is -3.36. The molecule has 24 heavy (non-hydrogen) atoms. The molecular weight excluding hydrogens is 376 g/mol. The quantitative estimate of drug-likeness (QED) is 0.571. The van der Waals surface area contributed by atoms with Crippen molar-refractivity contribution in [2.75, 3.05) is 26.8 Å². The highest BCUT2D eigenvalue weighted by Gasteiger charge is 2.37. The van der Waals surface area contributed by atoms with Gasteiger partial charge in [-0.2, -0.15) is 0 Å². The second-order valence-corrected chi connectivity index (χ2v) is 7.07. The molecule has 2 N–H and O–H groups in total. The topological polar surface area (TPSA) is 67.4 Å². The van der Waals surface area contributed by atoms with Gasteiger partial charge in [0.25, 0.3) is 0 Å². The van der Waals surface area contributed by atoms with Crippen LogP contribution < -0.4 is 10.0 Å². The van der Waals surface area contributed by atoms with E-state index in [0.29, 0.717) is 13.0 Å². The van der Waals surface area contributed by atoms with Gasteiger partial charge in [0.15, 0.2) is 28.2 Å². The predicted octanol–water partition coefficient (Wildman–Crippen LogP) is 1.71. The maximum atomic E-state index is 13.6. The fourth-order valence-electron chi connectivity index (χ4n) is 2.56. The van der Waals surface area contributed by atoms with E-state index in [9.17, 15) is 26.0 Å². The van der Waals surface area contributed by atoms with E-state index in [4.69, 9.17) is 4.74 Å². The number of rotatable bonds is 6. The van der Waals surface area contributed by atoms with Gasteiger partial charge in [-0.1, -0.05) is 0 Å². The highest BCUT2D eigenvalue weighted by Crippen LogP contribution is 2.25. The van der Waals surface area contributed by atoms with Gasteiger partial charge in [0.1, 0.15) is 0 Å². The maximum absolute atomic E-state index is 13.6. The zero-order chi connectivity index (χ0) is 17.3. The average Bonchev–Trinajstić information content (AvgIpc) is 2.93. The number of sulfonamides is 1. The van der Waals surface area contributed by atoms with E-state index in [2.05, 4.69) is 5.32 Å². The molecule has 1 atom stereocenters. The third-order valence-corrected chi connectivity index (χ3v) is 5.11.